The largest absolute Gasteiger partial charge is 0.497 e. The number of ether oxygens (including phenoxy) is 3. The van der Waals surface area contributed by atoms with Crippen molar-refractivity contribution in [1.82, 2.24) is 9.78 Å². The number of hydrogen-bond acceptors (Lipinski definition) is 4. The summed E-state index contributed by atoms with van der Waals surface area (Å²) in [5, 5.41) is 4.40. The minimum atomic E-state index is 0.280. The molecular weight excluding hydrogens is 268 g/mol. The monoisotopic (exact) mass is 292 g/mol. The van der Waals surface area contributed by atoms with E-state index in [1.54, 1.807) is 14.2 Å². The quantitative estimate of drug-likeness (QED) is 0.725. The topological polar surface area (TPSA) is 45.5 Å². The van der Waals surface area contributed by atoms with Crippen LogP contribution in [0.15, 0.2) is 36.1 Å². The first-order valence-electron chi connectivity index (χ1n) is 7.26. The van der Waals surface area contributed by atoms with Crippen molar-refractivity contribution in [3.05, 3.63) is 41.6 Å². The highest BCUT2D eigenvalue weighted by molar-refractivity contribution is 5.31. The van der Waals surface area contributed by atoms with Crippen LogP contribution in [0.25, 0.3) is 0 Å². The minimum Gasteiger partial charge on any atom is -0.497 e. The lowest BCUT2D eigenvalue weighted by Crippen LogP contribution is -2.10. The molecule has 1 heterocycles. The molecule has 1 aromatic heterocycles. The fourth-order valence-electron chi connectivity index (χ4n) is 2.27. The number of aromatic nitrogens is 2. The Bertz CT molecular complexity index is 517. The molecule has 1 aromatic rings. The van der Waals surface area contributed by atoms with Crippen LogP contribution in [-0.4, -0.2) is 37.2 Å². The van der Waals surface area contributed by atoms with Gasteiger partial charge in [-0.2, -0.15) is 5.10 Å². The van der Waals surface area contributed by atoms with E-state index in [0.717, 1.165) is 17.9 Å². The normalized spacial score (nSPS) is 18.4. The molecule has 2 rings (SSSR count). The predicted molar refractivity (Wildman–Crippen MR) is 81.0 cm³/mol. The summed E-state index contributed by atoms with van der Waals surface area (Å²) in [5.41, 5.74) is 1.20. The Morgan fingerprint density at radius 2 is 2.14 bits per heavy atom. The second-order valence-corrected chi connectivity index (χ2v) is 5.35. The molecule has 1 aliphatic carbocycles. The average Bonchev–Trinajstić information content (AvgIpc) is 2.98. The molecule has 0 amide bonds. The van der Waals surface area contributed by atoms with Crippen LogP contribution < -0.4 is 0 Å². The maximum atomic E-state index is 5.68. The third kappa shape index (κ3) is 3.88. The zero-order chi connectivity index (χ0) is 15.2. The molecule has 0 fully saturated rings. The van der Waals surface area contributed by atoms with Gasteiger partial charge in [0.05, 0.1) is 19.9 Å². The Morgan fingerprint density at radius 3 is 2.76 bits per heavy atom. The van der Waals surface area contributed by atoms with Gasteiger partial charge in [-0.1, -0.05) is 6.08 Å². The standard InChI is InChI=1S/C16H24N2O3/c1-12(2)18-11-14(10-17-18)13-5-6-15(16(9-13)20-4)21-8-7-19-3/h5-6,10-13H,7-9H2,1-4H3. The highest BCUT2D eigenvalue weighted by Gasteiger charge is 2.21. The van der Waals surface area contributed by atoms with Crippen molar-refractivity contribution >= 4 is 0 Å². The first-order valence-corrected chi connectivity index (χ1v) is 7.26. The SMILES string of the molecule is COCCOC1=C(OC)CC(c2cnn(C(C)C)c2)C=C1. The summed E-state index contributed by atoms with van der Waals surface area (Å²) in [5.74, 6) is 1.94. The van der Waals surface area contributed by atoms with Crippen LogP contribution >= 0.6 is 0 Å². The smallest absolute Gasteiger partial charge is 0.156 e. The summed E-state index contributed by atoms with van der Waals surface area (Å²) < 4.78 is 18.1. The molecule has 0 bridgehead atoms. The molecule has 0 aromatic carbocycles. The van der Waals surface area contributed by atoms with Crippen LogP contribution in [0, 0.1) is 0 Å². The highest BCUT2D eigenvalue weighted by Crippen LogP contribution is 2.32. The highest BCUT2D eigenvalue weighted by atomic mass is 16.5. The van der Waals surface area contributed by atoms with E-state index in [1.165, 1.54) is 5.56 Å². The van der Waals surface area contributed by atoms with Crippen molar-refractivity contribution < 1.29 is 14.2 Å². The fourth-order valence-corrected chi connectivity index (χ4v) is 2.27. The zero-order valence-corrected chi connectivity index (χ0v) is 13.2. The van der Waals surface area contributed by atoms with Crippen LogP contribution in [0.4, 0.5) is 0 Å². The van der Waals surface area contributed by atoms with Gasteiger partial charge in [0.25, 0.3) is 0 Å². The lowest BCUT2D eigenvalue weighted by atomic mass is 9.93. The maximum absolute atomic E-state index is 5.68. The Kier molecular flexibility index (Phi) is 5.44. The van der Waals surface area contributed by atoms with E-state index in [2.05, 4.69) is 31.2 Å². The van der Waals surface area contributed by atoms with Gasteiger partial charge in [0.1, 0.15) is 12.4 Å². The van der Waals surface area contributed by atoms with Gasteiger partial charge in [-0.3, -0.25) is 4.68 Å². The van der Waals surface area contributed by atoms with E-state index in [-0.39, 0.29) is 5.92 Å². The van der Waals surface area contributed by atoms with Crippen molar-refractivity contribution in [2.45, 2.75) is 32.2 Å². The third-order valence-electron chi connectivity index (χ3n) is 3.53. The Balaban J connectivity index is 2.05. The molecule has 116 valence electrons. The van der Waals surface area contributed by atoms with E-state index >= 15 is 0 Å². The van der Waals surface area contributed by atoms with Gasteiger partial charge in [0.15, 0.2) is 5.76 Å². The Hall–Kier alpha value is -1.75. The molecule has 1 aliphatic rings. The molecule has 1 unspecified atom stereocenters. The molecule has 0 radical (unpaired) electrons. The molecule has 5 nitrogen and oxygen atoms in total. The molecular formula is C16H24N2O3. The molecule has 0 N–H and O–H groups in total. The minimum absolute atomic E-state index is 0.280. The van der Waals surface area contributed by atoms with E-state index in [0.29, 0.717) is 19.3 Å². The first kappa shape index (κ1) is 15.6. The number of rotatable bonds is 7. The van der Waals surface area contributed by atoms with Gasteiger partial charge in [-0.15, -0.1) is 0 Å². The van der Waals surface area contributed by atoms with Crippen molar-refractivity contribution in [1.29, 1.82) is 0 Å². The summed E-state index contributed by atoms with van der Waals surface area (Å²) in [6.07, 6.45) is 8.95. The second kappa shape index (κ2) is 7.31. The van der Waals surface area contributed by atoms with Crippen LogP contribution in [0.2, 0.25) is 0 Å². The average molecular weight is 292 g/mol. The molecule has 1 atom stereocenters. The summed E-state index contributed by atoms with van der Waals surface area (Å²) in [7, 11) is 3.34. The van der Waals surface area contributed by atoms with Gasteiger partial charge in [0, 0.05) is 31.7 Å². The fraction of sp³-hybridized carbons (Fsp3) is 0.562. The number of allylic oxidation sites excluding steroid dienone is 3. The maximum Gasteiger partial charge on any atom is 0.156 e. The van der Waals surface area contributed by atoms with Crippen molar-refractivity contribution in [2.75, 3.05) is 27.4 Å². The summed E-state index contributed by atoms with van der Waals surface area (Å²) >= 11 is 0. The lowest BCUT2D eigenvalue weighted by Gasteiger charge is -2.21. The van der Waals surface area contributed by atoms with E-state index in [1.807, 2.05) is 17.0 Å². The third-order valence-corrected chi connectivity index (χ3v) is 3.53. The Morgan fingerprint density at radius 1 is 1.33 bits per heavy atom. The van der Waals surface area contributed by atoms with Crippen LogP contribution in [-0.2, 0) is 14.2 Å². The van der Waals surface area contributed by atoms with E-state index in [4.69, 9.17) is 14.2 Å². The molecule has 0 spiro atoms. The van der Waals surface area contributed by atoms with Gasteiger partial charge >= 0.3 is 0 Å². The Labute approximate surface area is 126 Å². The molecule has 5 heteroatoms. The second-order valence-electron chi connectivity index (χ2n) is 5.35. The predicted octanol–water partition coefficient (Wildman–Crippen LogP) is 3.03. The van der Waals surface area contributed by atoms with Gasteiger partial charge in [-0.25, -0.2) is 0 Å². The molecule has 21 heavy (non-hydrogen) atoms. The van der Waals surface area contributed by atoms with E-state index < -0.39 is 0 Å². The lowest BCUT2D eigenvalue weighted by molar-refractivity contribution is 0.104. The van der Waals surface area contributed by atoms with Gasteiger partial charge in [-0.05, 0) is 25.5 Å². The summed E-state index contributed by atoms with van der Waals surface area (Å²) in [6, 6.07) is 0.372. The zero-order valence-electron chi connectivity index (χ0n) is 13.2. The van der Waals surface area contributed by atoms with Gasteiger partial charge < -0.3 is 14.2 Å². The van der Waals surface area contributed by atoms with Crippen LogP contribution in [0.1, 0.15) is 37.8 Å². The number of methoxy groups -OCH3 is 2. The number of nitrogens with zero attached hydrogens (tertiary/aromatic N) is 2. The molecule has 0 aliphatic heterocycles. The van der Waals surface area contributed by atoms with Crippen molar-refractivity contribution in [2.24, 2.45) is 0 Å². The van der Waals surface area contributed by atoms with Gasteiger partial charge in [0.2, 0.25) is 0 Å². The van der Waals surface area contributed by atoms with Crippen molar-refractivity contribution in [3.63, 3.8) is 0 Å². The summed E-state index contributed by atoms with van der Waals surface area (Å²) in [4.78, 5) is 0. The molecule has 0 saturated carbocycles. The number of hydrogen-bond donors (Lipinski definition) is 0. The van der Waals surface area contributed by atoms with E-state index in [9.17, 15) is 0 Å². The van der Waals surface area contributed by atoms with Crippen molar-refractivity contribution in [3.8, 4) is 0 Å². The van der Waals surface area contributed by atoms with Crippen LogP contribution in [0.3, 0.4) is 0 Å². The van der Waals surface area contributed by atoms with Crippen LogP contribution in [0.5, 0.6) is 0 Å². The molecule has 0 saturated heterocycles. The first-order chi connectivity index (χ1) is 10.2. The summed E-state index contributed by atoms with van der Waals surface area (Å²) in [6.45, 7) is 5.34.